The first-order valence-electron chi connectivity index (χ1n) is 6.32. The van der Waals surface area contributed by atoms with Gasteiger partial charge in [-0.15, -0.1) is 11.3 Å². The summed E-state index contributed by atoms with van der Waals surface area (Å²) >= 11 is 1.46. The number of aliphatic hydroxyl groups excluding tert-OH is 1. The lowest BCUT2D eigenvalue weighted by Gasteiger charge is -2.33. The van der Waals surface area contributed by atoms with Crippen molar-refractivity contribution in [2.75, 3.05) is 18.8 Å². The fourth-order valence-electron chi connectivity index (χ4n) is 2.34. The molecule has 0 radical (unpaired) electrons. The van der Waals surface area contributed by atoms with Crippen molar-refractivity contribution in [2.24, 2.45) is 5.92 Å². The standard InChI is InChI=1S/C13H20N2O2S/c1-8(16)10-3-5-15(6-4-10)13(17)12-7-11(14)9(2)18-12/h7-8,10,16H,3-6,14H2,1-2H3. The summed E-state index contributed by atoms with van der Waals surface area (Å²) in [5.41, 5.74) is 6.47. The minimum atomic E-state index is -0.276. The molecule has 0 aliphatic carbocycles. The van der Waals surface area contributed by atoms with Crippen LogP contribution in [0.4, 0.5) is 5.69 Å². The van der Waals surface area contributed by atoms with Crippen LogP contribution in [-0.4, -0.2) is 35.1 Å². The number of rotatable bonds is 2. The molecule has 2 heterocycles. The zero-order valence-electron chi connectivity index (χ0n) is 10.8. The van der Waals surface area contributed by atoms with Gasteiger partial charge in [0.1, 0.15) is 0 Å². The zero-order chi connectivity index (χ0) is 13.3. The molecule has 100 valence electrons. The van der Waals surface area contributed by atoms with Gasteiger partial charge in [0.2, 0.25) is 0 Å². The number of nitrogens with two attached hydrogens (primary N) is 1. The van der Waals surface area contributed by atoms with E-state index in [-0.39, 0.29) is 12.0 Å². The summed E-state index contributed by atoms with van der Waals surface area (Å²) in [5.74, 6) is 0.396. The van der Waals surface area contributed by atoms with Gasteiger partial charge in [0.25, 0.3) is 5.91 Å². The van der Waals surface area contributed by atoms with Crippen molar-refractivity contribution >= 4 is 22.9 Å². The molecule has 0 spiro atoms. The number of aryl methyl sites for hydroxylation is 1. The lowest BCUT2D eigenvalue weighted by Crippen LogP contribution is -2.40. The molecule has 1 amide bonds. The highest BCUT2D eigenvalue weighted by molar-refractivity contribution is 7.14. The second-order valence-electron chi connectivity index (χ2n) is 4.99. The second kappa shape index (κ2) is 5.28. The maximum absolute atomic E-state index is 12.3. The molecule has 5 heteroatoms. The van der Waals surface area contributed by atoms with Crippen molar-refractivity contribution in [3.63, 3.8) is 0 Å². The average Bonchev–Trinajstić information content (AvgIpc) is 2.69. The van der Waals surface area contributed by atoms with Crippen LogP contribution >= 0.6 is 11.3 Å². The highest BCUT2D eigenvalue weighted by atomic mass is 32.1. The first-order valence-corrected chi connectivity index (χ1v) is 7.14. The minimum Gasteiger partial charge on any atom is -0.398 e. The number of likely N-dealkylation sites (tertiary alicyclic amines) is 1. The zero-order valence-corrected chi connectivity index (χ0v) is 11.7. The number of anilines is 1. The molecule has 2 rings (SSSR count). The Balaban J connectivity index is 1.99. The van der Waals surface area contributed by atoms with Gasteiger partial charge in [0.15, 0.2) is 0 Å². The van der Waals surface area contributed by atoms with Gasteiger partial charge in [-0.2, -0.15) is 0 Å². The lowest BCUT2D eigenvalue weighted by molar-refractivity contribution is 0.0525. The Morgan fingerprint density at radius 3 is 2.61 bits per heavy atom. The number of piperidine rings is 1. The average molecular weight is 268 g/mol. The summed E-state index contributed by atoms with van der Waals surface area (Å²) in [7, 11) is 0. The Labute approximate surface area is 111 Å². The molecular weight excluding hydrogens is 248 g/mol. The summed E-state index contributed by atoms with van der Waals surface area (Å²) in [6.07, 6.45) is 1.48. The van der Waals surface area contributed by atoms with E-state index < -0.39 is 0 Å². The van der Waals surface area contributed by atoms with Gasteiger partial charge in [0, 0.05) is 23.7 Å². The molecule has 1 fully saturated rings. The number of thiophene rings is 1. The Morgan fingerprint density at radius 2 is 2.17 bits per heavy atom. The predicted octanol–water partition coefficient (Wildman–Crippen LogP) is 1.87. The maximum Gasteiger partial charge on any atom is 0.264 e. The van der Waals surface area contributed by atoms with Gasteiger partial charge in [-0.25, -0.2) is 0 Å². The van der Waals surface area contributed by atoms with Crippen molar-refractivity contribution in [1.82, 2.24) is 4.90 Å². The summed E-state index contributed by atoms with van der Waals surface area (Å²) in [6.45, 7) is 5.21. The van der Waals surface area contributed by atoms with E-state index in [1.165, 1.54) is 11.3 Å². The third kappa shape index (κ3) is 2.67. The molecule has 4 nitrogen and oxygen atoms in total. The van der Waals surface area contributed by atoms with Crippen LogP contribution in [0.2, 0.25) is 0 Å². The molecule has 1 atom stereocenters. The van der Waals surface area contributed by atoms with Crippen LogP contribution in [0.1, 0.15) is 34.3 Å². The summed E-state index contributed by atoms with van der Waals surface area (Å²) < 4.78 is 0. The number of amides is 1. The molecule has 18 heavy (non-hydrogen) atoms. The van der Waals surface area contributed by atoms with E-state index in [2.05, 4.69) is 0 Å². The highest BCUT2D eigenvalue weighted by Crippen LogP contribution is 2.27. The van der Waals surface area contributed by atoms with Crippen LogP contribution in [-0.2, 0) is 0 Å². The van der Waals surface area contributed by atoms with E-state index in [1.807, 2.05) is 18.7 Å². The van der Waals surface area contributed by atoms with Gasteiger partial charge < -0.3 is 15.7 Å². The van der Waals surface area contributed by atoms with Gasteiger partial charge in [0.05, 0.1) is 11.0 Å². The number of carbonyl (C=O) groups excluding carboxylic acids is 1. The second-order valence-corrected chi connectivity index (χ2v) is 6.25. The van der Waals surface area contributed by atoms with Crippen molar-refractivity contribution in [3.05, 3.63) is 15.8 Å². The van der Waals surface area contributed by atoms with E-state index in [4.69, 9.17) is 5.73 Å². The Bertz CT molecular complexity index is 415. The molecule has 1 aromatic rings. The number of carbonyl (C=O) groups is 1. The third-order valence-electron chi connectivity index (χ3n) is 3.68. The molecule has 0 aromatic carbocycles. The number of nitrogen functional groups attached to an aromatic ring is 1. The van der Waals surface area contributed by atoms with Gasteiger partial charge >= 0.3 is 0 Å². The van der Waals surface area contributed by atoms with E-state index in [0.717, 1.165) is 35.7 Å². The van der Waals surface area contributed by atoms with E-state index in [0.29, 0.717) is 11.6 Å². The normalized spacial score (nSPS) is 18.9. The molecule has 1 saturated heterocycles. The molecule has 1 aliphatic rings. The van der Waals surface area contributed by atoms with Crippen LogP contribution in [0.15, 0.2) is 6.07 Å². The number of aliphatic hydroxyl groups is 1. The summed E-state index contributed by atoms with van der Waals surface area (Å²) in [6, 6.07) is 1.77. The quantitative estimate of drug-likeness (QED) is 0.860. The first kappa shape index (κ1) is 13.4. The fraction of sp³-hybridized carbons (Fsp3) is 0.615. The molecule has 3 N–H and O–H groups in total. The fourth-order valence-corrected chi connectivity index (χ4v) is 3.25. The molecular formula is C13H20N2O2S. The molecule has 0 saturated carbocycles. The van der Waals surface area contributed by atoms with E-state index in [1.54, 1.807) is 6.07 Å². The van der Waals surface area contributed by atoms with E-state index >= 15 is 0 Å². The van der Waals surface area contributed by atoms with Gasteiger partial charge in [-0.1, -0.05) is 0 Å². The molecule has 1 unspecified atom stereocenters. The first-order chi connectivity index (χ1) is 8.49. The lowest BCUT2D eigenvalue weighted by atomic mass is 9.92. The van der Waals surface area contributed by atoms with Crippen LogP contribution in [0.3, 0.4) is 0 Å². The Kier molecular flexibility index (Phi) is 3.92. The third-order valence-corrected chi connectivity index (χ3v) is 4.73. The van der Waals surface area contributed by atoms with E-state index in [9.17, 15) is 9.90 Å². The van der Waals surface area contributed by atoms with Crippen LogP contribution in [0.5, 0.6) is 0 Å². The van der Waals surface area contributed by atoms with Crippen molar-refractivity contribution in [2.45, 2.75) is 32.8 Å². The topological polar surface area (TPSA) is 66.6 Å². The molecule has 1 aliphatic heterocycles. The predicted molar refractivity (Wildman–Crippen MR) is 73.8 cm³/mol. The summed E-state index contributed by atoms with van der Waals surface area (Å²) in [4.78, 5) is 15.8. The van der Waals surface area contributed by atoms with Crippen LogP contribution < -0.4 is 5.73 Å². The SMILES string of the molecule is Cc1sc(C(=O)N2CCC(C(C)O)CC2)cc1N. The highest BCUT2D eigenvalue weighted by Gasteiger charge is 2.26. The van der Waals surface area contributed by atoms with Crippen molar-refractivity contribution in [1.29, 1.82) is 0 Å². The molecule has 1 aromatic heterocycles. The number of nitrogens with zero attached hydrogens (tertiary/aromatic N) is 1. The molecule has 0 bridgehead atoms. The van der Waals surface area contributed by atoms with Gasteiger partial charge in [-0.05, 0) is 38.7 Å². The summed E-state index contributed by atoms with van der Waals surface area (Å²) in [5, 5.41) is 9.54. The van der Waals surface area contributed by atoms with Crippen LogP contribution in [0, 0.1) is 12.8 Å². The minimum absolute atomic E-state index is 0.0730. The van der Waals surface area contributed by atoms with Gasteiger partial charge in [-0.3, -0.25) is 4.79 Å². The number of hydrogen-bond donors (Lipinski definition) is 2. The van der Waals surface area contributed by atoms with Crippen LogP contribution in [0.25, 0.3) is 0 Å². The smallest absolute Gasteiger partial charge is 0.264 e. The van der Waals surface area contributed by atoms with Crippen molar-refractivity contribution < 1.29 is 9.90 Å². The number of hydrogen-bond acceptors (Lipinski definition) is 4. The van der Waals surface area contributed by atoms with Crippen molar-refractivity contribution in [3.8, 4) is 0 Å². The maximum atomic E-state index is 12.3. The Hall–Kier alpha value is -1.07. The Morgan fingerprint density at radius 1 is 1.56 bits per heavy atom. The largest absolute Gasteiger partial charge is 0.398 e. The monoisotopic (exact) mass is 268 g/mol.